The number of hydrogen-bond donors (Lipinski definition) is 0. The molecule has 4 fully saturated rings. The Bertz CT molecular complexity index is 885. The molecular weight excluding hydrogens is 407 g/mol. The number of rotatable bonds is 6. The highest BCUT2D eigenvalue weighted by atomic mass is 32.2. The Morgan fingerprint density at radius 1 is 1.07 bits per heavy atom. The molecule has 4 bridgehead atoms. The average molecular weight is 436 g/mol. The lowest BCUT2D eigenvalue weighted by Crippen LogP contribution is -2.47. The van der Waals surface area contributed by atoms with Crippen LogP contribution in [-0.2, 0) is 24.9 Å². The van der Waals surface area contributed by atoms with E-state index in [0.29, 0.717) is 16.7 Å². The van der Waals surface area contributed by atoms with Gasteiger partial charge in [-0.25, -0.2) is 0 Å². The van der Waals surface area contributed by atoms with Crippen molar-refractivity contribution >= 4 is 11.8 Å². The maximum Gasteiger partial charge on any atom is 0.416 e. The third kappa shape index (κ3) is 3.90. The summed E-state index contributed by atoms with van der Waals surface area (Å²) in [5, 5.41) is 9.78. The van der Waals surface area contributed by atoms with E-state index in [4.69, 9.17) is 0 Å². The molecule has 4 saturated carbocycles. The van der Waals surface area contributed by atoms with Crippen LogP contribution in [0.3, 0.4) is 0 Å². The van der Waals surface area contributed by atoms with Crippen LogP contribution in [-0.4, -0.2) is 14.8 Å². The Kier molecular flexibility index (Phi) is 5.15. The molecule has 1 aromatic carbocycles. The van der Waals surface area contributed by atoms with Gasteiger partial charge in [0.25, 0.3) is 0 Å². The van der Waals surface area contributed by atoms with Crippen LogP contribution >= 0.6 is 11.8 Å². The molecule has 0 amide bonds. The third-order valence-electron chi connectivity index (χ3n) is 7.43. The summed E-state index contributed by atoms with van der Waals surface area (Å²) in [5.74, 6) is 4.24. The Labute approximate surface area is 179 Å². The summed E-state index contributed by atoms with van der Waals surface area (Å²) in [7, 11) is 0. The van der Waals surface area contributed by atoms with Gasteiger partial charge in [0, 0.05) is 18.7 Å². The summed E-state index contributed by atoms with van der Waals surface area (Å²) < 4.78 is 41.1. The van der Waals surface area contributed by atoms with Crippen LogP contribution in [0.15, 0.2) is 29.4 Å². The van der Waals surface area contributed by atoms with Gasteiger partial charge in [-0.1, -0.05) is 30.0 Å². The maximum atomic E-state index is 13.0. The van der Waals surface area contributed by atoms with Crippen molar-refractivity contribution in [2.75, 3.05) is 0 Å². The molecule has 1 heterocycles. The summed E-state index contributed by atoms with van der Waals surface area (Å²) in [6, 6.07) is 5.56. The van der Waals surface area contributed by atoms with Crippen molar-refractivity contribution in [1.82, 2.24) is 14.8 Å². The molecule has 1 aromatic heterocycles. The van der Waals surface area contributed by atoms with Gasteiger partial charge in [0.2, 0.25) is 0 Å². The summed E-state index contributed by atoms with van der Waals surface area (Å²) in [4.78, 5) is 0. The second kappa shape index (κ2) is 7.57. The molecule has 162 valence electrons. The second-order valence-corrected chi connectivity index (χ2v) is 10.7. The van der Waals surface area contributed by atoms with Crippen molar-refractivity contribution in [3.8, 4) is 0 Å². The molecule has 0 radical (unpaired) electrons. The first-order chi connectivity index (χ1) is 14.3. The van der Waals surface area contributed by atoms with E-state index in [2.05, 4.69) is 21.7 Å². The minimum absolute atomic E-state index is 0.400. The maximum absolute atomic E-state index is 13.0. The minimum Gasteiger partial charge on any atom is -0.306 e. The number of thioether (sulfide) groups is 1. The fourth-order valence-electron chi connectivity index (χ4n) is 6.70. The van der Waals surface area contributed by atoms with E-state index in [0.717, 1.165) is 47.8 Å². The van der Waals surface area contributed by atoms with E-state index in [1.54, 1.807) is 6.07 Å². The van der Waals surface area contributed by atoms with Crippen molar-refractivity contribution in [3.05, 3.63) is 41.2 Å². The Balaban J connectivity index is 1.30. The van der Waals surface area contributed by atoms with Crippen LogP contribution in [0, 0.1) is 23.2 Å². The summed E-state index contributed by atoms with van der Waals surface area (Å²) in [6.45, 7) is 2.89. The number of nitrogens with zero attached hydrogens (tertiary/aromatic N) is 3. The molecule has 0 N–H and O–H groups in total. The van der Waals surface area contributed by atoms with Gasteiger partial charge in [0.1, 0.15) is 5.82 Å². The van der Waals surface area contributed by atoms with E-state index in [-0.39, 0.29) is 0 Å². The van der Waals surface area contributed by atoms with Crippen LogP contribution in [0.2, 0.25) is 0 Å². The molecule has 7 heteroatoms. The van der Waals surface area contributed by atoms with Crippen LogP contribution in [0.5, 0.6) is 0 Å². The van der Waals surface area contributed by atoms with E-state index in [1.807, 2.05) is 0 Å². The monoisotopic (exact) mass is 435 g/mol. The molecule has 4 aliphatic rings. The van der Waals surface area contributed by atoms with Gasteiger partial charge in [0.05, 0.1) is 5.56 Å². The quantitative estimate of drug-likeness (QED) is 0.494. The van der Waals surface area contributed by atoms with Crippen molar-refractivity contribution in [3.63, 3.8) is 0 Å². The zero-order valence-corrected chi connectivity index (χ0v) is 18.1. The van der Waals surface area contributed by atoms with Crippen molar-refractivity contribution in [2.24, 2.45) is 23.2 Å². The fraction of sp³-hybridized carbons (Fsp3) is 0.652. The van der Waals surface area contributed by atoms with E-state index in [1.165, 1.54) is 62.4 Å². The molecule has 30 heavy (non-hydrogen) atoms. The first-order valence-corrected chi connectivity index (χ1v) is 12.0. The predicted octanol–water partition coefficient (Wildman–Crippen LogP) is 6.37. The molecule has 0 saturated heterocycles. The van der Waals surface area contributed by atoms with E-state index in [9.17, 15) is 13.2 Å². The number of alkyl halides is 3. The minimum atomic E-state index is -4.31. The van der Waals surface area contributed by atoms with Gasteiger partial charge >= 0.3 is 6.18 Å². The highest BCUT2D eigenvalue weighted by Gasteiger charge is 2.51. The Morgan fingerprint density at radius 2 is 1.73 bits per heavy atom. The topological polar surface area (TPSA) is 30.7 Å². The summed E-state index contributed by atoms with van der Waals surface area (Å²) >= 11 is 1.48. The number of aromatic nitrogens is 3. The van der Waals surface area contributed by atoms with Gasteiger partial charge in [-0.3, -0.25) is 0 Å². The number of benzene rings is 1. The highest BCUT2D eigenvalue weighted by molar-refractivity contribution is 7.98. The normalized spacial score (nSPS) is 30.2. The lowest BCUT2D eigenvalue weighted by Gasteiger charge is -2.56. The van der Waals surface area contributed by atoms with Gasteiger partial charge in [-0.15, -0.1) is 10.2 Å². The van der Waals surface area contributed by atoms with Crippen molar-refractivity contribution in [1.29, 1.82) is 0 Å². The second-order valence-electron chi connectivity index (χ2n) is 9.72. The van der Waals surface area contributed by atoms with Crippen LogP contribution in [0.25, 0.3) is 0 Å². The average Bonchev–Trinajstić information content (AvgIpc) is 3.05. The first-order valence-electron chi connectivity index (χ1n) is 11.0. The first kappa shape index (κ1) is 20.4. The summed E-state index contributed by atoms with van der Waals surface area (Å²) in [6.07, 6.45) is 4.98. The van der Waals surface area contributed by atoms with E-state index < -0.39 is 11.7 Å². The molecule has 3 nitrogen and oxygen atoms in total. The third-order valence-corrected chi connectivity index (χ3v) is 8.47. The molecule has 0 spiro atoms. The smallest absolute Gasteiger partial charge is 0.306 e. The van der Waals surface area contributed by atoms with E-state index >= 15 is 0 Å². The fourth-order valence-corrected chi connectivity index (χ4v) is 7.67. The zero-order chi connectivity index (χ0) is 20.9. The predicted molar refractivity (Wildman–Crippen MR) is 111 cm³/mol. The van der Waals surface area contributed by atoms with Gasteiger partial charge < -0.3 is 4.57 Å². The van der Waals surface area contributed by atoms with Gasteiger partial charge in [-0.05, 0) is 80.2 Å². The van der Waals surface area contributed by atoms with Crippen LogP contribution < -0.4 is 0 Å². The molecule has 6 rings (SSSR count). The molecule has 0 atom stereocenters. The number of hydrogen-bond acceptors (Lipinski definition) is 3. The number of halogens is 3. The lowest BCUT2D eigenvalue weighted by molar-refractivity contribution is -0.137. The molecular formula is C23H28F3N3S. The SMILES string of the molecule is CCn1c(CC23CC4CC(CC(C4)C2)C3)nnc1SCc1cccc(C(F)(F)F)c1. The van der Waals surface area contributed by atoms with Gasteiger partial charge in [0.15, 0.2) is 5.16 Å². The van der Waals surface area contributed by atoms with Crippen molar-refractivity contribution in [2.45, 2.75) is 75.5 Å². The molecule has 2 aromatic rings. The molecule has 0 unspecified atom stereocenters. The van der Waals surface area contributed by atoms with Crippen LogP contribution in [0.4, 0.5) is 13.2 Å². The molecule has 4 aliphatic carbocycles. The summed E-state index contributed by atoms with van der Waals surface area (Å²) in [5.41, 5.74) is 0.459. The Hall–Kier alpha value is -1.50. The molecule has 0 aliphatic heterocycles. The van der Waals surface area contributed by atoms with Crippen LogP contribution in [0.1, 0.15) is 62.4 Å². The largest absolute Gasteiger partial charge is 0.416 e. The zero-order valence-electron chi connectivity index (χ0n) is 17.3. The highest BCUT2D eigenvalue weighted by Crippen LogP contribution is 2.61. The standard InChI is InChI=1S/C23H28F3N3S/c1-2-29-20(13-22-10-16-6-17(11-22)8-18(7-16)12-22)27-28-21(29)30-14-15-4-3-5-19(9-15)23(24,25)26/h3-5,9,16-18H,2,6-8,10-14H2,1H3. The van der Waals surface area contributed by atoms with Gasteiger partial charge in [-0.2, -0.15) is 13.2 Å². The Morgan fingerprint density at radius 3 is 2.33 bits per heavy atom. The van der Waals surface area contributed by atoms with Crippen molar-refractivity contribution < 1.29 is 13.2 Å². The lowest BCUT2D eigenvalue weighted by atomic mass is 9.49.